The van der Waals surface area contributed by atoms with Crippen molar-refractivity contribution in [1.82, 2.24) is 0 Å². The van der Waals surface area contributed by atoms with E-state index in [0.29, 0.717) is 17.4 Å². The summed E-state index contributed by atoms with van der Waals surface area (Å²) in [5.74, 6) is -0.857. The fourth-order valence-electron chi connectivity index (χ4n) is 5.39. The standard InChI is InChI=1S/C47H80NO8P/c1-6-8-10-12-14-16-18-20-21-22-23-24-25-26-28-29-31-33-35-37-39-46(49)53-43-45(44-55-57(51,52)54-42-41-48(3,4)5)56-47(50)40-38-36-34-32-30-27-19-17-15-13-11-9-7-2/h8-11,13-17,19-21,27,30,45H,6-7,12,18,22-26,28-29,31-44H2,1-5H3/p+1/b10-8+,11-9+,15-13+,16-14+,19-17+,21-20+,30-27+. The van der Waals surface area contributed by atoms with Gasteiger partial charge in [-0.2, -0.15) is 0 Å². The summed E-state index contributed by atoms with van der Waals surface area (Å²) in [6.07, 6.45) is 49.2. The molecule has 9 nitrogen and oxygen atoms in total. The second-order valence-electron chi connectivity index (χ2n) is 15.4. The Morgan fingerprint density at radius 1 is 0.561 bits per heavy atom. The normalized spacial score (nSPS) is 14.4. The van der Waals surface area contributed by atoms with Crippen LogP contribution in [0.5, 0.6) is 0 Å². The Morgan fingerprint density at radius 3 is 1.63 bits per heavy atom. The lowest BCUT2D eigenvalue weighted by molar-refractivity contribution is -0.870. The van der Waals surface area contributed by atoms with E-state index in [4.69, 9.17) is 18.5 Å². The number of ether oxygens (including phenoxy) is 2. The molecule has 0 spiro atoms. The van der Waals surface area contributed by atoms with E-state index in [1.807, 2.05) is 57.6 Å². The van der Waals surface area contributed by atoms with Crippen LogP contribution in [-0.2, 0) is 32.7 Å². The number of nitrogens with zero attached hydrogens (tertiary/aromatic N) is 1. The summed E-state index contributed by atoms with van der Waals surface area (Å²) < 4.78 is 34.2. The molecule has 1 N–H and O–H groups in total. The Morgan fingerprint density at radius 2 is 1.04 bits per heavy atom. The minimum Gasteiger partial charge on any atom is -0.462 e. The zero-order chi connectivity index (χ0) is 42.1. The molecule has 0 bridgehead atoms. The number of rotatable bonds is 38. The van der Waals surface area contributed by atoms with Crippen molar-refractivity contribution < 1.29 is 42.1 Å². The van der Waals surface area contributed by atoms with E-state index in [0.717, 1.165) is 77.0 Å². The molecule has 0 aliphatic rings. The molecule has 10 heteroatoms. The number of phosphoric ester groups is 1. The van der Waals surface area contributed by atoms with Gasteiger partial charge in [0.05, 0.1) is 27.7 Å². The summed E-state index contributed by atoms with van der Waals surface area (Å²) in [5.41, 5.74) is 0. The third-order valence-electron chi connectivity index (χ3n) is 8.77. The highest BCUT2D eigenvalue weighted by Crippen LogP contribution is 2.43. The van der Waals surface area contributed by atoms with Crippen LogP contribution < -0.4 is 0 Å². The summed E-state index contributed by atoms with van der Waals surface area (Å²) in [6.45, 7) is 4.09. The van der Waals surface area contributed by atoms with Gasteiger partial charge in [-0.25, -0.2) is 4.57 Å². The second-order valence-corrected chi connectivity index (χ2v) is 16.9. The smallest absolute Gasteiger partial charge is 0.462 e. The summed E-state index contributed by atoms with van der Waals surface area (Å²) in [7, 11) is 1.43. The van der Waals surface area contributed by atoms with E-state index in [9.17, 15) is 19.0 Å². The first-order valence-electron chi connectivity index (χ1n) is 21.9. The minimum atomic E-state index is -4.39. The Labute approximate surface area is 348 Å². The van der Waals surface area contributed by atoms with Gasteiger partial charge in [0.1, 0.15) is 19.8 Å². The lowest BCUT2D eigenvalue weighted by Gasteiger charge is -2.24. The van der Waals surface area contributed by atoms with Gasteiger partial charge in [0.15, 0.2) is 6.10 Å². The van der Waals surface area contributed by atoms with Crippen molar-refractivity contribution in [1.29, 1.82) is 0 Å². The average molecular weight is 819 g/mol. The Hall–Kier alpha value is -2.81. The quantitative estimate of drug-likeness (QED) is 0.0164. The second kappa shape index (κ2) is 38.7. The van der Waals surface area contributed by atoms with Gasteiger partial charge in [-0.05, 0) is 64.2 Å². The number of carbonyl (C=O) groups is 2. The lowest BCUT2D eigenvalue weighted by Crippen LogP contribution is -2.37. The first kappa shape index (κ1) is 54.2. The van der Waals surface area contributed by atoms with Crippen molar-refractivity contribution in [3.05, 3.63) is 85.1 Å². The molecule has 57 heavy (non-hydrogen) atoms. The molecule has 326 valence electrons. The monoisotopic (exact) mass is 819 g/mol. The van der Waals surface area contributed by atoms with Gasteiger partial charge in [-0.15, -0.1) is 0 Å². The predicted octanol–water partition coefficient (Wildman–Crippen LogP) is 12.4. The average Bonchev–Trinajstić information content (AvgIpc) is 3.16. The summed E-state index contributed by atoms with van der Waals surface area (Å²) in [6, 6.07) is 0. The van der Waals surface area contributed by atoms with Gasteiger partial charge in [0, 0.05) is 12.8 Å². The van der Waals surface area contributed by atoms with Crippen molar-refractivity contribution in [3.63, 3.8) is 0 Å². The van der Waals surface area contributed by atoms with E-state index < -0.39 is 26.5 Å². The summed E-state index contributed by atoms with van der Waals surface area (Å²) >= 11 is 0. The third kappa shape index (κ3) is 42.6. The molecule has 2 unspecified atom stereocenters. The van der Waals surface area contributed by atoms with Gasteiger partial charge in [0.2, 0.25) is 0 Å². The summed E-state index contributed by atoms with van der Waals surface area (Å²) in [5, 5.41) is 0. The Balaban J connectivity index is 4.37. The van der Waals surface area contributed by atoms with Crippen molar-refractivity contribution in [2.24, 2.45) is 0 Å². The van der Waals surface area contributed by atoms with Crippen LogP contribution in [0.4, 0.5) is 0 Å². The summed E-state index contributed by atoms with van der Waals surface area (Å²) in [4.78, 5) is 35.3. The fraction of sp³-hybridized carbons (Fsp3) is 0.660. The van der Waals surface area contributed by atoms with Crippen LogP contribution in [0, 0.1) is 0 Å². The number of phosphoric acid groups is 1. The van der Waals surface area contributed by atoms with E-state index in [2.05, 4.69) is 62.5 Å². The zero-order valence-electron chi connectivity index (χ0n) is 36.5. The largest absolute Gasteiger partial charge is 0.472 e. The number of hydrogen-bond donors (Lipinski definition) is 1. The molecule has 0 aliphatic heterocycles. The molecule has 0 fully saturated rings. The molecule has 0 heterocycles. The van der Waals surface area contributed by atoms with Gasteiger partial charge in [-0.1, -0.05) is 157 Å². The minimum absolute atomic E-state index is 0.0184. The molecule has 0 aromatic heterocycles. The van der Waals surface area contributed by atoms with Crippen molar-refractivity contribution in [3.8, 4) is 0 Å². The van der Waals surface area contributed by atoms with Crippen LogP contribution >= 0.6 is 7.82 Å². The molecule has 0 aromatic carbocycles. The zero-order valence-corrected chi connectivity index (χ0v) is 37.4. The van der Waals surface area contributed by atoms with Crippen LogP contribution in [0.1, 0.15) is 149 Å². The van der Waals surface area contributed by atoms with Crippen LogP contribution in [0.3, 0.4) is 0 Å². The lowest BCUT2D eigenvalue weighted by atomic mass is 10.1. The SMILES string of the molecule is CC/C=C/C=C/C=C/C=C/CCCCCC(=O)OC(COC(=O)CCCCCCCCCCCC/C=C/C/C=C/C/C=C/CC)COP(=O)(O)OCC[N+](C)(C)C. The molecule has 0 radical (unpaired) electrons. The molecule has 0 amide bonds. The maximum Gasteiger partial charge on any atom is 0.472 e. The first-order chi connectivity index (χ1) is 27.5. The Kier molecular flexibility index (Phi) is 36.8. The van der Waals surface area contributed by atoms with Crippen LogP contribution in [-0.4, -0.2) is 74.9 Å². The molecule has 0 rings (SSSR count). The number of allylic oxidation sites excluding steroid dienone is 14. The Bertz CT molecular complexity index is 1240. The van der Waals surface area contributed by atoms with Crippen molar-refractivity contribution >= 4 is 19.8 Å². The predicted molar refractivity (Wildman–Crippen MR) is 238 cm³/mol. The maximum absolute atomic E-state index is 12.7. The highest BCUT2D eigenvalue weighted by atomic mass is 31.2. The van der Waals surface area contributed by atoms with E-state index in [-0.39, 0.29) is 32.0 Å². The maximum atomic E-state index is 12.7. The number of quaternary nitrogens is 1. The van der Waals surface area contributed by atoms with E-state index in [1.54, 1.807) is 0 Å². The van der Waals surface area contributed by atoms with Crippen LogP contribution in [0.25, 0.3) is 0 Å². The molecule has 0 saturated carbocycles. The molecule has 0 aromatic rings. The molecular weight excluding hydrogens is 737 g/mol. The van der Waals surface area contributed by atoms with Crippen molar-refractivity contribution in [2.75, 3.05) is 47.5 Å². The van der Waals surface area contributed by atoms with Crippen molar-refractivity contribution in [2.45, 2.75) is 155 Å². The third-order valence-corrected chi connectivity index (χ3v) is 9.75. The van der Waals surface area contributed by atoms with Gasteiger partial charge in [-0.3, -0.25) is 18.6 Å². The molecule has 0 saturated heterocycles. The number of esters is 2. The number of likely N-dealkylation sites (N-methyl/N-ethyl adjacent to an activating group) is 1. The molecular formula is C47H81NO8P+. The highest BCUT2D eigenvalue weighted by Gasteiger charge is 2.27. The number of unbranched alkanes of at least 4 members (excludes halogenated alkanes) is 13. The van der Waals surface area contributed by atoms with Crippen LogP contribution in [0.2, 0.25) is 0 Å². The van der Waals surface area contributed by atoms with Gasteiger partial charge >= 0.3 is 19.8 Å². The first-order valence-corrected chi connectivity index (χ1v) is 23.4. The van der Waals surface area contributed by atoms with Crippen LogP contribution in [0.15, 0.2) is 85.1 Å². The van der Waals surface area contributed by atoms with E-state index >= 15 is 0 Å². The highest BCUT2D eigenvalue weighted by molar-refractivity contribution is 7.47. The topological polar surface area (TPSA) is 108 Å². The molecule has 2 atom stereocenters. The van der Waals surface area contributed by atoms with E-state index in [1.165, 1.54) is 38.5 Å². The molecule has 0 aliphatic carbocycles. The fourth-order valence-corrected chi connectivity index (χ4v) is 6.13. The number of hydrogen-bond acceptors (Lipinski definition) is 7. The van der Waals surface area contributed by atoms with Gasteiger partial charge < -0.3 is 18.9 Å². The van der Waals surface area contributed by atoms with Gasteiger partial charge in [0.25, 0.3) is 0 Å². The number of carbonyl (C=O) groups excluding carboxylic acids is 2.